The molecule has 4 N–H and O–H groups in total. The molecule has 0 aromatic rings. The third kappa shape index (κ3) is 5.30. The number of imide groups is 1. The molecule has 146 valence electrons. The van der Waals surface area contributed by atoms with Gasteiger partial charge >= 0.3 is 6.03 Å². The number of nitrogens with zero attached hydrogens (tertiary/aromatic N) is 1. The minimum absolute atomic E-state index is 0.143. The van der Waals surface area contributed by atoms with Gasteiger partial charge < -0.3 is 10.6 Å². The van der Waals surface area contributed by atoms with Crippen molar-refractivity contribution in [3.05, 3.63) is 0 Å². The molecule has 1 aliphatic carbocycles. The number of unbranched alkanes of at least 4 members (excludes halogenated alkanes) is 2. The van der Waals surface area contributed by atoms with Gasteiger partial charge in [-0.05, 0) is 37.9 Å². The Labute approximate surface area is 159 Å². The molecule has 0 aromatic heterocycles. The molecule has 2 fully saturated rings. The van der Waals surface area contributed by atoms with Crippen molar-refractivity contribution in [1.29, 1.82) is 0 Å². The van der Waals surface area contributed by atoms with Crippen LogP contribution in [-0.4, -0.2) is 46.5 Å². The highest BCUT2D eigenvalue weighted by Gasteiger charge is 2.51. The van der Waals surface area contributed by atoms with Crippen LogP contribution in [0.2, 0.25) is 0 Å². The van der Waals surface area contributed by atoms with E-state index in [1.54, 1.807) is 0 Å². The van der Waals surface area contributed by atoms with Gasteiger partial charge in [0.25, 0.3) is 5.91 Å². The van der Waals surface area contributed by atoms with Gasteiger partial charge in [-0.1, -0.05) is 32.6 Å². The highest BCUT2D eigenvalue weighted by molar-refractivity contribution is 7.80. The van der Waals surface area contributed by atoms with E-state index in [-0.39, 0.29) is 30.8 Å². The van der Waals surface area contributed by atoms with Crippen molar-refractivity contribution in [2.45, 2.75) is 70.3 Å². The Bertz CT molecular complexity index is 549. The first kappa shape index (κ1) is 20.4. The van der Waals surface area contributed by atoms with Crippen molar-refractivity contribution in [3.63, 3.8) is 0 Å². The fourth-order valence-corrected chi connectivity index (χ4v) is 3.56. The second kappa shape index (κ2) is 9.70. The van der Waals surface area contributed by atoms with Crippen LogP contribution >= 0.6 is 12.2 Å². The number of thiocarbonyl (C=S) groups is 1. The first-order chi connectivity index (χ1) is 12.5. The Morgan fingerprint density at radius 2 is 1.92 bits per heavy atom. The molecule has 0 bridgehead atoms. The average molecular weight is 384 g/mol. The van der Waals surface area contributed by atoms with Gasteiger partial charge in [0.2, 0.25) is 5.91 Å². The Morgan fingerprint density at radius 3 is 2.62 bits per heavy atom. The number of hydrogen-bond donors (Lipinski definition) is 4. The monoisotopic (exact) mass is 383 g/mol. The normalized spacial score (nSPS) is 18.1. The van der Waals surface area contributed by atoms with Gasteiger partial charge in [-0.3, -0.25) is 25.3 Å². The summed E-state index contributed by atoms with van der Waals surface area (Å²) >= 11 is 5.07. The lowest BCUT2D eigenvalue weighted by Gasteiger charge is -2.20. The summed E-state index contributed by atoms with van der Waals surface area (Å²) in [7, 11) is 0. The van der Waals surface area contributed by atoms with Crippen LogP contribution in [-0.2, 0) is 9.59 Å². The molecule has 0 aromatic carbocycles. The molecule has 2 rings (SSSR count). The van der Waals surface area contributed by atoms with Crippen molar-refractivity contribution in [2.24, 2.45) is 0 Å². The van der Waals surface area contributed by atoms with E-state index < -0.39 is 5.54 Å². The van der Waals surface area contributed by atoms with Gasteiger partial charge in [0, 0.05) is 19.5 Å². The third-order valence-electron chi connectivity index (χ3n) is 4.87. The summed E-state index contributed by atoms with van der Waals surface area (Å²) in [6.07, 6.45) is 7.25. The predicted octanol–water partition coefficient (Wildman–Crippen LogP) is 1.32. The van der Waals surface area contributed by atoms with E-state index in [2.05, 4.69) is 28.4 Å². The molecule has 1 saturated carbocycles. The highest BCUT2D eigenvalue weighted by Crippen LogP contribution is 2.35. The summed E-state index contributed by atoms with van der Waals surface area (Å²) in [6.45, 7) is 3.15. The fourth-order valence-electron chi connectivity index (χ4n) is 3.40. The number of rotatable bonds is 8. The van der Waals surface area contributed by atoms with E-state index in [1.165, 1.54) is 4.90 Å². The van der Waals surface area contributed by atoms with Crippen LogP contribution in [0.4, 0.5) is 4.79 Å². The molecular formula is C17H29N5O3S. The number of carbonyl (C=O) groups is 3. The molecule has 1 spiro atoms. The van der Waals surface area contributed by atoms with Crippen molar-refractivity contribution in [3.8, 4) is 0 Å². The number of hydrazine groups is 1. The van der Waals surface area contributed by atoms with E-state index in [4.69, 9.17) is 12.2 Å². The summed E-state index contributed by atoms with van der Waals surface area (Å²) in [6, 6.07) is -0.340. The molecule has 0 atom stereocenters. The maximum absolute atomic E-state index is 12.5. The number of carbonyl (C=O) groups excluding carboxylic acids is 3. The van der Waals surface area contributed by atoms with E-state index >= 15 is 0 Å². The zero-order valence-corrected chi connectivity index (χ0v) is 16.2. The quantitative estimate of drug-likeness (QED) is 0.218. The largest absolute Gasteiger partial charge is 0.361 e. The summed E-state index contributed by atoms with van der Waals surface area (Å²) in [5, 5.41) is 6.23. The average Bonchev–Trinajstić information content (AvgIpc) is 3.17. The van der Waals surface area contributed by atoms with Crippen molar-refractivity contribution in [1.82, 2.24) is 26.4 Å². The molecular weight excluding hydrogens is 354 g/mol. The van der Waals surface area contributed by atoms with Crippen LogP contribution in [0.15, 0.2) is 0 Å². The van der Waals surface area contributed by atoms with Crippen LogP contribution in [0, 0.1) is 0 Å². The molecule has 2 aliphatic rings. The predicted molar refractivity (Wildman–Crippen MR) is 102 cm³/mol. The molecule has 9 heteroatoms. The van der Waals surface area contributed by atoms with Gasteiger partial charge in [0.1, 0.15) is 5.54 Å². The lowest BCUT2D eigenvalue weighted by molar-refractivity contribution is -0.131. The lowest BCUT2D eigenvalue weighted by Crippen LogP contribution is -2.47. The SMILES string of the molecule is CCCCCNC(=S)NNC(=O)CCCN1C(=O)NC2(CCCC2)C1=O. The van der Waals surface area contributed by atoms with Gasteiger partial charge in [-0.2, -0.15) is 0 Å². The summed E-state index contributed by atoms with van der Waals surface area (Å²) in [5.41, 5.74) is 4.50. The van der Waals surface area contributed by atoms with Gasteiger partial charge in [-0.15, -0.1) is 0 Å². The van der Waals surface area contributed by atoms with E-state index in [0.717, 1.165) is 38.6 Å². The third-order valence-corrected chi connectivity index (χ3v) is 5.12. The number of hydrogen-bond acceptors (Lipinski definition) is 4. The second-order valence-corrected chi connectivity index (χ2v) is 7.32. The van der Waals surface area contributed by atoms with Crippen LogP contribution in [0.3, 0.4) is 0 Å². The molecule has 1 heterocycles. The van der Waals surface area contributed by atoms with Crippen molar-refractivity contribution < 1.29 is 14.4 Å². The number of amides is 4. The Balaban J connectivity index is 1.62. The maximum atomic E-state index is 12.5. The number of nitrogens with one attached hydrogen (secondary N) is 4. The van der Waals surface area contributed by atoms with E-state index in [1.807, 2.05) is 0 Å². The molecule has 4 amide bonds. The molecule has 0 unspecified atom stereocenters. The van der Waals surface area contributed by atoms with Crippen molar-refractivity contribution in [2.75, 3.05) is 13.1 Å². The first-order valence-electron chi connectivity index (χ1n) is 9.45. The molecule has 26 heavy (non-hydrogen) atoms. The smallest absolute Gasteiger partial charge is 0.325 e. The molecule has 1 saturated heterocycles. The minimum Gasteiger partial charge on any atom is -0.361 e. The topological polar surface area (TPSA) is 103 Å². The molecule has 0 radical (unpaired) electrons. The van der Waals surface area contributed by atoms with E-state index in [0.29, 0.717) is 24.4 Å². The van der Waals surface area contributed by atoms with Crippen molar-refractivity contribution >= 4 is 35.2 Å². The lowest BCUT2D eigenvalue weighted by atomic mass is 9.98. The Morgan fingerprint density at radius 1 is 1.19 bits per heavy atom. The van der Waals surface area contributed by atoms with Gasteiger partial charge in [-0.25, -0.2) is 4.79 Å². The van der Waals surface area contributed by atoms with E-state index in [9.17, 15) is 14.4 Å². The summed E-state index contributed by atoms with van der Waals surface area (Å²) < 4.78 is 0. The second-order valence-electron chi connectivity index (χ2n) is 6.92. The first-order valence-corrected chi connectivity index (χ1v) is 9.86. The van der Waals surface area contributed by atoms with Gasteiger partial charge in [0.05, 0.1) is 0 Å². The molecule has 1 aliphatic heterocycles. The minimum atomic E-state index is -0.684. The Hall–Kier alpha value is -1.90. The van der Waals surface area contributed by atoms with Crippen LogP contribution in [0.25, 0.3) is 0 Å². The fraction of sp³-hybridized carbons (Fsp3) is 0.765. The zero-order valence-electron chi connectivity index (χ0n) is 15.4. The standard InChI is InChI=1S/C17H29N5O3S/c1-2-3-6-11-18-15(26)21-20-13(23)8-7-12-22-14(24)17(19-16(22)25)9-4-5-10-17/h2-12H2,1H3,(H,19,25)(H,20,23)(H2,18,21,26). The van der Waals surface area contributed by atoms with Gasteiger partial charge in [0.15, 0.2) is 5.11 Å². The van der Waals surface area contributed by atoms with Crippen LogP contribution < -0.4 is 21.5 Å². The maximum Gasteiger partial charge on any atom is 0.325 e. The number of urea groups is 1. The van der Waals surface area contributed by atoms with Crippen LogP contribution in [0.1, 0.15) is 64.7 Å². The highest BCUT2D eigenvalue weighted by atomic mass is 32.1. The summed E-state index contributed by atoms with van der Waals surface area (Å²) in [5.74, 6) is -0.374. The summed E-state index contributed by atoms with van der Waals surface area (Å²) in [4.78, 5) is 37.6. The van der Waals surface area contributed by atoms with Crippen LogP contribution in [0.5, 0.6) is 0 Å². The molecule has 8 nitrogen and oxygen atoms in total. The Kier molecular flexibility index (Phi) is 7.62. The zero-order chi connectivity index (χ0) is 19.0.